The van der Waals surface area contributed by atoms with Crippen molar-refractivity contribution in [3.05, 3.63) is 63.9 Å². The third-order valence-corrected chi connectivity index (χ3v) is 3.16. The molecule has 18 heavy (non-hydrogen) atoms. The van der Waals surface area contributed by atoms with E-state index in [1.54, 1.807) is 0 Å². The van der Waals surface area contributed by atoms with E-state index >= 15 is 0 Å². The highest BCUT2D eigenvalue weighted by atomic mass is 35.5. The minimum atomic E-state index is 0.791. The van der Waals surface area contributed by atoms with Crippen LogP contribution in [0.1, 0.15) is 22.4 Å². The van der Waals surface area contributed by atoms with Crippen LogP contribution in [0.4, 0.5) is 0 Å². The van der Waals surface area contributed by atoms with Crippen LogP contribution < -0.4 is 5.32 Å². The summed E-state index contributed by atoms with van der Waals surface area (Å²) in [5.74, 6) is 0. The SMILES string of the molecule is Cc1ccc(CNCc2ccc(Cl)cc2C)cn1. The van der Waals surface area contributed by atoms with Gasteiger partial charge in [-0.2, -0.15) is 0 Å². The largest absolute Gasteiger partial charge is 0.309 e. The average Bonchev–Trinajstić information content (AvgIpc) is 2.34. The molecule has 94 valence electrons. The fourth-order valence-corrected chi connectivity index (χ4v) is 2.03. The number of aryl methyl sites for hydroxylation is 2. The van der Waals surface area contributed by atoms with E-state index in [9.17, 15) is 0 Å². The van der Waals surface area contributed by atoms with Crippen LogP contribution in [0.2, 0.25) is 5.02 Å². The zero-order chi connectivity index (χ0) is 13.0. The van der Waals surface area contributed by atoms with Crippen LogP contribution >= 0.6 is 11.6 Å². The van der Waals surface area contributed by atoms with Crippen LogP contribution in [0.5, 0.6) is 0 Å². The number of pyridine rings is 1. The molecule has 1 N–H and O–H groups in total. The Morgan fingerprint density at radius 2 is 1.94 bits per heavy atom. The molecule has 0 atom stereocenters. The molecule has 3 heteroatoms. The van der Waals surface area contributed by atoms with E-state index in [4.69, 9.17) is 11.6 Å². The van der Waals surface area contributed by atoms with Gasteiger partial charge in [0.15, 0.2) is 0 Å². The van der Waals surface area contributed by atoms with Crippen molar-refractivity contribution in [1.29, 1.82) is 0 Å². The molecule has 0 fully saturated rings. The molecular formula is C15H17ClN2. The van der Waals surface area contributed by atoms with Crippen LogP contribution in [0.25, 0.3) is 0 Å². The second kappa shape index (κ2) is 5.98. The molecule has 2 nitrogen and oxygen atoms in total. The van der Waals surface area contributed by atoms with E-state index < -0.39 is 0 Å². The average molecular weight is 261 g/mol. The zero-order valence-electron chi connectivity index (χ0n) is 10.7. The van der Waals surface area contributed by atoms with Crippen LogP contribution in [0.3, 0.4) is 0 Å². The molecule has 1 heterocycles. The molecule has 1 aromatic carbocycles. The lowest BCUT2D eigenvalue weighted by Gasteiger charge is -2.08. The fourth-order valence-electron chi connectivity index (χ4n) is 1.80. The van der Waals surface area contributed by atoms with Crippen LogP contribution in [0.15, 0.2) is 36.5 Å². The maximum absolute atomic E-state index is 5.93. The first-order chi connectivity index (χ1) is 8.65. The minimum Gasteiger partial charge on any atom is -0.309 e. The summed E-state index contributed by atoms with van der Waals surface area (Å²) in [5, 5.41) is 4.21. The lowest BCUT2D eigenvalue weighted by molar-refractivity contribution is 0.688. The number of nitrogens with zero attached hydrogens (tertiary/aromatic N) is 1. The zero-order valence-corrected chi connectivity index (χ0v) is 11.5. The molecule has 0 unspecified atom stereocenters. The van der Waals surface area contributed by atoms with Gasteiger partial charge in [-0.05, 0) is 48.7 Å². The summed E-state index contributed by atoms with van der Waals surface area (Å²) < 4.78 is 0. The maximum atomic E-state index is 5.93. The molecule has 0 saturated carbocycles. The van der Waals surface area contributed by atoms with Crippen molar-refractivity contribution >= 4 is 11.6 Å². The summed E-state index contributed by atoms with van der Waals surface area (Å²) >= 11 is 5.93. The number of benzene rings is 1. The van der Waals surface area contributed by atoms with Crippen molar-refractivity contribution in [2.75, 3.05) is 0 Å². The number of halogens is 1. The Bertz CT molecular complexity index is 521. The predicted octanol–water partition coefficient (Wildman–Crippen LogP) is 3.64. The molecular weight excluding hydrogens is 244 g/mol. The Balaban J connectivity index is 1.90. The Kier molecular flexibility index (Phi) is 4.34. The molecule has 0 aliphatic rings. The first-order valence-electron chi connectivity index (χ1n) is 6.02. The number of rotatable bonds is 4. The van der Waals surface area contributed by atoms with Gasteiger partial charge in [0.05, 0.1) is 0 Å². The van der Waals surface area contributed by atoms with Gasteiger partial charge in [-0.3, -0.25) is 4.98 Å². The number of nitrogens with one attached hydrogen (secondary N) is 1. The molecule has 0 bridgehead atoms. The van der Waals surface area contributed by atoms with Crippen LogP contribution in [-0.2, 0) is 13.1 Å². The number of aromatic nitrogens is 1. The van der Waals surface area contributed by atoms with Gasteiger partial charge >= 0.3 is 0 Å². The van der Waals surface area contributed by atoms with Crippen molar-refractivity contribution in [1.82, 2.24) is 10.3 Å². The van der Waals surface area contributed by atoms with Gasteiger partial charge in [0.1, 0.15) is 0 Å². The fraction of sp³-hybridized carbons (Fsp3) is 0.267. The molecule has 2 aromatic rings. The number of hydrogen-bond donors (Lipinski definition) is 1. The molecule has 0 radical (unpaired) electrons. The Labute approximate surface area is 113 Å². The van der Waals surface area contributed by atoms with Gasteiger partial charge in [-0.25, -0.2) is 0 Å². The summed E-state index contributed by atoms with van der Waals surface area (Å²) in [6.07, 6.45) is 1.91. The molecule has 0 spiro atoms. The Morgan fingerprint density at radius 3 is 2.61 bits per heavy atom. The normalized spacial score (nSPS) is 10.6. The highest BCUT2D eigenvalue weighted by molar-refractivity contribution is 6.30. The third kappa shape index (κ3) is 3.56. The van der Waals surface area contributed by atoms with Gasteiger partial charge < -0.3 is 5.32 Å². The first kappa shape index (κ1) is 13.1. The molecule has 0 amide bonds. The first-order valence-corrected chi connectivity index (χ1v) is 6.40. The van der Waals surface area contributed by atoms with E-state index in [1.807, 2.05) is 31.3 Å². The molecule has 0 aliphatic carbocycles. The van der Waals surface area contributed by atoms with Gasteiger partial charge in [0.25, 0.3) is 0 Å². The van der Waals surface area contributed by atoms with Gasteiger partial charge in [0.2, 0.25) is 0 Å². The summed E-state index contributed by atoms with van der Waals surface area (Å²) in [6, 6.07) is 10.1. The van der Waals surface area contributed by atoms with Crippen LogP contribution in [-0.4, -0.2) is 4.98 Å². The highest BCUT2D eigenvalue weighted by Crippen LogP contribution is 2.15. The van der Waals surface area contributed by atoms with Crippen molar-refractivity contribution in [3.63, 3.8) is 0 Å². The predicted molar refractivity (Wildman–Crippen MR) is 75.7 cm³/mol. The van der Waals surface area contributed by atoms with Crippen LogP contribution in [0, 0.1) is 13.8 Å². The van der Waals surface area contributed by atoms with Crippen molar-refractivity contribution in [2.24, 2.45) is 0 Å². The van der Waals surface area contributed by atoms with Crippen molar-refractivity contribution < 1.29 is 0 Å². The Hall–Kier alpha value is -1.38. The van der Waals surface area contributed by atoms with E-state index in [1.165, 1.54) is 16.7 Å². The molecule has 2 rings (SSSR count). The van der Waals surface area contributed by atoms with E-state index in [2.05, 4.69) is 29.4 Å². The van der Waals surface area contributed by atoms with E-state index in [-0.39, 0.29) is 0 Å². The Morgan fingerprint density at radius 1 is 1.11 bits per heavy atom. The minimum absolute atomic E-state index is 0.791. The third-order valence-electron chi connectivity index (χ3n) is 2.92. The summed E-state index contributed by atoms with van der Waals surface area (Å²) in [6.45, 7) is 5.75. The maximum Gasteiger partial charge on any atom is 0.0408 e. The molecule has 0 saturated heterocycles. The second-order valence-electron chi connectivity index (χ2n) is 4.48. The number of hydrogen-bond acceptors (Lipinski definition) is 2. The summed E-state index contributed by atoms with van der Waals surface area (Å²) in [7, 11) is 0. The standard InChI is InChI=1S/C15H17ClN2/c1-11-7-15(16)6-5-14(11)10-17-8-13-4-3-12(2)18-9-13/h3-7,9,17H,8,10H2,1-2H3. The van der Waals surface area contributed by atoms with Gasteiger partial charge in [-0.15, -0.1) is 0 Å². The quantitative estimate of drug-likeness (QED) is 0.908. The second-order valence-corrected chi connectivity index (χ2v) is 4.92. The summed E-state index contributed by atoms with van der Waals surface area (Å²) in [4.78, 5) is 4.28. The lowest BCUT2D eigenvalue weighted by Crippen LogP contribution is -2.13. The van der Waals surface area contributed by atoms with Gasteiger partial charge in [-0.1, -0.05) is 23.7 Å². The van der Waals surface area contributed by atoms with E-state index in [0.717, 1.165) is 23.8 Å². The monoisotopic (exact) mass is 260 g/mol. The topological polar surface area (TPSA) is 24.9 Å². The smallest absolute Gasteiger partial charge is 0.0408 e. The molecule has 0 aliphatic heterocycles. The van der Waals surface area contributed by atoms with Crippen molar-refractivity contribution in [2.45, 2.75) is 26.9 Å². The highest BCUT2D eigenvalue weighted by Gasteiger charge is 1.99. The van der Waals surface area contributed by atoms with Crippen molar-refractivity contribution in [3.8, 4) is 0 Å². The van der Waals surface area contributed by atoms with Gasteiger partial charge in [0, 0.05) is 30.0 Å². The van der Waals surface area contributed by atoms with E-state index in [0.29, 0.717) is 0 Å². The molecule has 1 aromatic heterocycles. The lowest BCUT2D eigenvalue weighted by atomic mass is 10.1. The summed E-state index contributed by atoms with van der Waals surface area (Å²) in [5.41, 5.74) is 4.75.